The first-order chi connectivity index (χ1) is 15.3. The zero-order valence-electron chi connectivity index (χ0n) is 16.0. The minimum absolute atomic E-state index is 0.0869. The van der Waals surface area contributed by atoms with Gasteiger partial charge in [-0.1, -0.05) is 18.2 Å². The van der Waals surface area contributed by atoms with Gasteiger partial charge in [0.05, 0.1) is 17.6 Å². The van der Waals surface area contributed by atoms with E-state index in [0.29, 0.717) is 12.1 Å². The van der Waals surface area contributed by atoms with Gasteiger partial charge in [-0.05, 0) is 6.07 Å². The minimum Gasteiger partial charge on any atom is -0.458 e. The molecule has 32 heavy (non-hydrogen) atoms. The van der Waals surface area contributed by atoms with Crippen molar-refractivity contribution in [3.63, 3.8) is 0 Å². The number of halogens is 5. The number of furan rings is 1. The van der Waals surface area contributed by atoms with Gasteiger partial charge in [0, 0.05) is 24.0 Å². The molecule has 1 aliphatic heterocycles. The number of H-pyrrole nitrogens is 1. The van der Waals surface area contributed by atoms with E-state index in [1.54, 1.807) is 12.1 Å². The molecule has 4 heterocycles. The number of nitrogens with one attached hydrogen (secondary N) is 1. The van der Waals surface area contributed by atoms with Crippen molar-refractivity contribution < 1.29 is 35.6 Å². The van der Waals surface area contributed by atoms with E-state index in [1.165, 1.54) is 18.5 Å². The molecule has 1 aliphatic rings. The first kappa shape index (κ1) is 20.2. The topological polar surface area (TPSA) is 88.2 Å². The number of carbonyl (C=O) groups excluding carboxylic acids is 1. The largest absolute Gasteiger partial charge is 0.458 e. The van der Waals surface area contributed by atoms with Gasteiger partial charge >= 0.3 is 6.18 Å². The van der Waals surface area contributed by atoms with Crippen LogP contribution in [0.25, 0.3) is 11.0 Å². The van der Waals surface area contributed by atoms with Crippen molar-refractivity contribution in [3.05, 3.63) is 71.2 Å². The van der Waals surface area contributed by atoms with Crippen LogP contribution in [0.2, 0.25) is 0 Å². The van der Waals surface area contributed by atoms with Gasteiger partial charge in [0.1, 0.15) is 17.4 Å². The number of fused-ring (bicyclic) bond motifs is 2. The molecule has 0 spiro atoms. The summed E-state index contributed by atoms with van der Waals surface area (Å²) in [5.41, 5.74) is -1.02. The Labute approximate surface area is 175 Å². The molecule has 0 unspecified atom stereocenters. The Bertz CT molecular complexity index is 1310. The van der Waals surface area contributed by atoms with Crippen molar-refractivity contribution in [2.75, 3.05) is 6.54 Å². The average molecular weight is 452 g/mol. The molecule has 0 aliphatic carbocycles. The van der Waals surface area contributed by atoms with Gasteiger partial charge in [-0.2, -0.15) is 13.2 Å². The molecule has 1 N–H and O–H groups in total. The molecule has 1 amide bonds. The summed E-state index contributed by atoms with van der Waals surface area (Å²) in [6, 6.07) is 4.80. The van der Waals surface area contributed by atoms with Crippen molar-refractivity contribution in [3.8, 4) is 0 Å². The highest BCUT2D eigenvalue weighted by atomic mass is 19.4. The maximum atomic E-state index is 14.1. The molecular formula is C20H13F5N4O3. The molecule has 166 valence electrons. The SMILES string of the molecule is O=C(c1ocnc1C(F)(F)F)N1CCc2[nH]cnc2[C@H]1c1oc2ccccc2c1C(F)F. The van der Waals surface area contributed by atoms with Crippen LogP contribution in [-0.4, -0.2) is 32.3 Å². The molecule has 0 radical (unpaired) electrons. The van der Waals surface area contributed by atoms with Crippen LogP contribution >= 0.6 is 0 Å². The highest BCUT2D eigenvalue weighted by Gasteiger charge is 2.45. The van der Waals surface area contributed by atoms with E-state index in [4.69, 9.17) is 8.83 Å². The van der Waals surface area contributed by atoms with Gasteiger partial charge in [0.2, 0.25) is 5.76 Å². The lowest BCUT2D eigenvalue weighted by Gasteiger charge is -2.33. The molecule has 5 rings (SSSR count). The van der Waals surface area contributed by atoms with Gasteiger partial charge in [-0.3, -0.25) is 4.79 Å². The number of alkyl halides is 5. The Morgan fingerprint density at radius 3 is 2.75 bits per heavy atom. The number of aromatic amines is 1. The lowest BCUT2D eigenvalue weighted by molar-refractivity contribution is -0.141. The van der Waals surface area contributed by atoms with Gasteiger partial charge in [-0.15, -0.1) is 0 Å². The Balaban J connectivity index is 1.69. The maximum Gasteiger partial charge on any atom is 0.437 e. The molecule has 0 fully saturated rings. The summed E-state index contributed by atoms with van der Waals surface area (Å²) in [6.45, 7) is -0.0869. The molecule has 4 aromatic rings. The van der Waals surface area contributed by atoms with E-state index >= 15 is 0 Å². The summed E-state index contributed by atoms with van der Waals surface area (Å²) in [6.07, 6.45) is -5.84. The normalized spacial score (nSPS) is 16.7. The maximum absolute atomic E-state index is 14.1. The summed E-state index contributed by atoms with van der Waals surface area (Å²) in [5.74, 6) is -2.46. The van der Waals surface area contributed by atoms with E-state index in [-0.39, 0.29) is 35.4 Å². The number of benzene rings is 1. The predicted molar refractivity (Wildman–Crippen MR) is 97.8 cm³/mol. The first-order valence-corrected chi connectivity index (χ1v) is 9.40. The number of imidazole rings is 1. The molecule has 0 saturated heterocycles. The molecule has 1 atom stereocenters. The van der Waals surface area contributed by atoms with E-state index in [2.05, 4.69) is 15.0 Å². The summed E-state index contributed by atoms with van der Waals surface area (Å²) >= 11 is 0. The number of aromatic nitrogens is 3. The van der Waals surface area contributed by atoms with Crippen molar-refractivity contribution in [1.82, 2.24) is 19.9 Å². The minimum atomic E-state index is -4.94. The van der Waals surface area contributed by atoms with Crippen LogP contribution in [0.1, 0.15) is 51.4 Å². The van der Waals surface area contributed by atoms with Crippen molar-refractivity contribution in [2.45, 2.75) is 25.1 Å². The van der Waals surface area contributed by atoms with Crippen molar-refractivity contribution >= 4 is 16.9 Å². The second-order valence-corrected chi connectivity index (χ2v) is 7.12. The fourth-order valence-electron chi connectivity index (χ4n) is 4.00. The lowest BCUT2D eigenvalue weighted by Crippen LogP contribution is -2.41. The summed E-state index contributed by atoms with van der Waals surface area (Å²) < 4.78 is 78.6. The van der Waals surface area contributed by atoms with Crippen LogP contribution in [-0.2, 0) is 12.6 Å². The van der Waals surface area contributed by atoms with Crippen molar-refractivity contribution in [2.24, 2.45) is 0 Å². The van der Waals surface area contributed by atoms with Crippen LogP contribution in [0.15, 0.2) is 45.8 Å². The van der Waals surface area contributed by atoms with E-state index < -0.39 is 41.6 Å². The van der Waals surface area contributed by atoms with E-state index in [1.807, 2.05) is 0 Å². The average Bonchev–Trinajstić information content (AvgIpc) is 3.49. The third-order valence-electron chi connectivity index (χ3n) is 5.35. The van der Waals surface area contributed by atoms with Crippen LogP contribution < -0.4 is 0 Å². The number of nitrogens with zero attached hydrogens (tertiary/aromatic N) is 3. The molecule has 1 aromatic carbocycles. The lowest BCUT2D eigenvalue weighted by atomic mass is 9.96. The number of carbonyl (C=O) groups is 1. The molecule has 7 nitrogen and oxygen atoms in total. The highest BCUT2D eigenvalue weighted by Crippen LogP contribution is 2.44. The third kappa shape index (κ3) is 3.05. The monoisotopic (exact) mass is 452 g/mol. The zero-order valence-corrected chi connectivity index (χ0v) is 16.0. The zero-order chi connectivity index (χ0) is 22.6. The third-order valence-corrected chi connectivity index (χ3v) is 5.35. The Morgan fingerprint density at radius 2 is 2.00 bits per heavy atom. The molecule has 0 bridgehead atoms. The van der Waals surface area contributed by atoms with Gasteiger partial charge < -0.3 is 18.7 Å². The molecular weight excluding hydrogens is 439 g/mol. The Hall–Kier alpha value is -3.70. The molecule has 0 saturated carbocycles. The van der Waals surface area contributed by atoms with Crippen LogP contribution in [0.3, 0.4) is 0 Å². The number of para-hydroxylation sites is 1. The Kier molecular flexibility index (Phi) is 4.53. The smallest absolute Gasteiger partial charge is 0.437 e. The quantitative estimate of drug-likeness (QED) is 0.448. The van der Waals surface area contributed by atoms with Crippen LogP contribution in [0.4, 0.5) is 22.0 Å². The van der Waals surface area contributed by atoms with Crippen LogP contribution in [0.5, 0.6) is 0 Å². The number of amides is 1. The number of rotatable bonds is 3. The number of hydrogen-bond donors (Lipinski definition) is 1. The van der Waals surface area contributed by atoms with Gasteiger partial charge in [0.25, 0.3) is 12.3 Å². The predicted octanol–water partition coefficient (Wildman–Crippen LogP) is 4.89. The number of oxazole rings is 1. The second-order valence-electron chi connectivity index (χ2n) is 7.12. The summed E-state index contributed by atoms with van der Waals surface area (Å²) in [5, 5.41) is 0.142. The Morgan fingerprint density at radius 1 is 1.22 bits per heavy atom. The van der Waals surface area contributed by atoms with Crippen LogP contribution in [0, 0.1) is 0 Å². The fraction of sp³-hybridized carbons (Fsp3) is 0.250. The van der Waals surface area contributed by atoms with Gasteiger partial charge in [0.15, 0.2) is 12.1 Å². The highest BCUT2D eigenvalue weighted by molar-refractivity contribution is 5.93. The summed E-state index contributed by atoms with van der Waals surface area (Å²) in [7, 11) is 0. The first-order valence-electron chi connectivity index (χ1n) is 9.40. The fourth-order valence-corrected chi connectivity index (χ4v) is 4.00. The second kappa shape index (κ2) is 7.18. The van der Waals surface area contributed by atoms with Gasteiger partial charge in [-0.25, -0.2) is 18.7 Å². The van der Waals surface area contributed by atoms with E-state index in [9.17, 15) is 26.7 Å². The standard InChI is InChI=1S/C20H13F5N4O3/c21-18(22)12-9-3-1-2-4-11(9)32-15(12)14-13-10(26-7-27-13)5-6-29(14)19(30)16-17(20(23,24)25)28-8-31-16/h1-4,7-8,14,18H,5-6H2,(H,26,27)/t14-/m0/s1. The summed E-state index contributed by atoms with van der Waals surface area (Å²) in [4.78, 5) is 24.3. The van der Waals surface area contributed by atoms with E-state index in [0.717, 1.165) is 4.90 Å². The molecule has 12 heteroatoms. The number of hydrogen-bond acceptors (Lipinski definition) is 5. The van der Waals surface area contributed by atoms with Crippen molar-refractivity contribution in [1.29, 1.82) is 0 Å². The molecule has 3 aromatic heterocycles.